The summed E-state index contributed by atoms with van der Waals surface area (Å²) < 4.78 is 11.0. The van der Waals surface area contributed by atoms with Gasteiger partial charge in [0.2, 0.25) is 0 Å². The van der Waals surface area contributed by atoms with Crippen LogP contribution in [0.3, 0.4) is 0 Å². The van der Waals surface area contributed by atoms with Gasteiger partial charge in [0.1, 0.15) is 11.5 Å². The van der Waals surface area contributed by atoms with E-state index in [2.05, 4.69) is 26.1 Å². The van der Waals surface area contributed by atoms with Crippen molar-refractivity contribution >= 4 is 17.3 Å². The molecule has 0 aliphatic heterocycles. The number of nitro benzene ring substituents is 1. The molecule has 29 heavy (non-hydrogen) atoms. The van der Waals surface area contributed by atoms with E-state index in [4.69, 9.17) is 9.15 Å². The van der Waals surface area contributed by atoms with E-state index in [1.54, 1.807) is 31.4 Å². The van der Waals surface area contributed by atoms with Crippen LogP contribution in [0.2, 0.25) is 0 Å². The van der Waals surface area contributed by atoms with E-state index in [1.165, 1.54) is 12.1 Å². The van der Waals surface area contributed by atoms with E-state index in [9.17, 15) is 14.9 Å². The van der Waals surface area contributed by atoms with Crippen LogP contribution < -0.4 is 10.1 Å². The van der Waals surface area contributed by atoms with Gasteiger partial charge in [0, 0.05) is 17.7 Å². The predicted octanol–water partition coefficient (Wildman–Crippen LogP) is 5.41. The van der Waals surface area contributed by atoms with E-state index in [1.807, 2.05) is 18.2 Å². The minimum absolute atomic E-state index is 0.0101. The second-order valence-electron chi connectivity index (χ2n) is 7.59. The fourth-order valence-corrected chi connectivity index (χ4v) is 2.82. The van der Waals surface area contributed by atoms with E-state index < -0.39 is 10.8 Å². The molecule has 1 amide bonds. The first-order valence-corrected chi connectivity index (χ1v) is 9.03. The molecule has 0 radical (unpaired) electrons. The van der Waals surface area contributed by atoms with Crippen LogP contribution in [0.15, 0.2) is 59.0 Å². The number of benzene rings is 2. The summed E-state index contributed by atoms with van der Waals surface area (Å²) in [4.78, 5) is 23.0. The van der Waals surface area contributed by atoms with Crippen molar-refractivity contribution in [3.05, 3.63) is 76.0 Å². The lowest BCUT2D eigenvalue weighted by atomic mass is 9.87. The molecule has 0 unspecified atom stereocenters. The van der Waals surface area contributed by atoms with Crippen molar-refractivity contribution in [2.75, 3.05) is 12.4 Å². The molecule has 0 spiro atoms. The molecule has 1 aromatic heterocycles. The Kier molecular flexibility index (Phi) is 5.41. The van der Waals surface area contributed by atoms with Crippen molar-refractivity contribution in [2.24, 2.45) is 0 Å². The topological polar surface area (TPSA) is 94.6 Å². The minimum atomic E-state index is -0.468. The third kappa shape index (κ3) is 4.45. The maximum absolute atomic E-state index is 12.7. The first-order valence-electron chi connectivity index (χ1n) is 9.03. The Balaban J connectivity index is 1.83. The van der Waals surface area contributed by atoms with Gasteiger partial charge in [-0.1, -0.05) is 26.8 Å². The average Bonchev–Trinajstić information content (AvgIpc) is 3.17. The summed E-state index contributed by atoms with van der Waals surface area (Å²) in [6.45, 7) is 6.26. The summed E-state index contributed by atoms with van der Waals surface area (Å²) in [6.07, 6.45) is 0. The number of nitrogens with zero attached hydrogens (tertiary/aromatic N) is 1. The quantitative estimate of drug-likeness (QED) is 0.461. The Morgan fingerprint density at radius 1 is 1.07 bits per heavy atom. The summed E-state index contributed by atoms with van der Waals surface area (Å²) in [5.74, 6) is 0.707. The molecule has 0 aliphatic carbocycles. The fraction of sp³-hybridized carbons (Fsp3) is 0.227. The fourth-order valence-electron chi connectivity index (χ4n) is 2.82. The molecule has 0 bridgehead atoms. The number of non-ortho nitro benzene ring substituents is 1. The number of anilines is 1. The number of carbonyl (C=O) groups is 1. The van der Waals surface area contributed by atoms with E-state index >= 15 is 0 Å². The zero-order chi connectivity index (χ0) is 21.2. The zero-order valence-electron chi connectivity index (χ0n) is 16.7. The number of amides is 1. The molecule has 0 saturated carbocycles. The summed E-state index contributed by atoms with van der Waals surface area (Å²) >= 11 is 0. The van der Waals surface area contributed by atoms with Crippen molar-refractivity contribution in [1.29, 1.82) is 0 Å². The number of nitro groups is 1. The summed E-state index contributed by atoms with van der Waals surface area (Å²) in [6, 6.07) is 14.8. The van der Waals surface area contributed by atoms with Gasteiger partial charge in [-0.2, -0.15) is 0 Å². The van der Waals surface area contributed by atoms with Crippen LogP contribution in [0, 0.1) is 10.1 Å². The third-order valence-corrected chi connectivity index (χ3v) is 4.51. The second-order valence-corrected chi connectivity index (χ2v) is 7.59. The van der Waals surface area contributed by atoms with Crippen LogP contribution >= 0.6 is 0 Å². The monoisotopic (exact) mass is 394 g/mol. The number of furan rings is 1. The molecule has 2 aromatic carbocycles. The van der Waals surface area contributed by atoms with Crippen LogP contribution in [0.4, 0.5) is 11.4 Å². The largest absolute Gasteiger partial charge is 0.495 e. The minimum Gasteiger partial charge on any atom is -0.495 e. The van der Waals surface area contributed by atoms with Gasteiger partial charge in [0.05, 0.1) is 17.7 Å². The van der Waals surface area contributed by atoms with Crippen molar-refractivity contribution in [3.8, 4) is 17.1 Å². The average molecular weight is 394 g/mol. The van der Waals surface area contributed by atoms with Crippen LogP contribution in [0.1, 0.15) is 36.9 Å². The van der Waals surface area contributed by atoms with Gasteiger partial charge in [-0.3, -0.25) is 14.9 Å². The Hall–Kier alpha value is -3.61. The van der Waals surface area contributed by atoms with Crippen LogP contribution in [0.5, 0.6) is 5.75 Å². The Morgan fingerprint density at radius 3 is 2.34 bits per heavy atom. The molecule has 1 N–H and O–H groups in total. The molecular weight excluding hydrogens is 372 g/mol. The Bertz CT molecular complexity index is 1050. The Labute approximate surface area is 168 Å². The molecule has 3 rings (SSSR count). The van der Waals surface area contributed by atoms with Crippen LogP contribution in [-0.4, -0.2) is 17.9 Å². The molecule has 0 atom stereocenters. The first-order chi connectivity index (χ1) is 13.7. The lowest BCUT2D eigenvalue weighted by molar-refractivity contribution is -0.384. The van der Waals surface area contributed by atoms with Gasteiger partial charge >= 0.3 is 0 Å². The van der Waals surface area contributed by atoms with Crippen molar-refractivity contribution < 1.29 is 18.9 Å². The van der Waals surface area contributed by atoms with Gasteiger partial charge in [0.25, 0.3) is 11.6 Å². The van der Waals surface area contributed by atoms with Gasteiger partial charge in [-0.15, -0.1) is 0 Å². The highest BCUT2D eigenvalue weighted by Crippen LogP contribution is 2.32. The number of hydrogen-bond donors (Lipinski definition) is 1. The number of methoxy groups -OCH3 is 1. The zero-order valence-corrected chi connectivity index (χ0v) is 16.7. The molecule has 3 aromatic rings. The van der Waals surface area contributed by atoms with Gasteiger partial charge in [-0.25, -0.2) is 0 Å². The molecule has 1 heterocycles. The smallest absolute Gasteiger partial charge is 0.291 e. The molecule has 0 aliphatic rings. The maximum atomic E-state index is 12.7. The second kappa shape index (κ2) is 7.79. The first kappa shape index (κ1) is 20.1. The number of ether oxygens (including phenoxy) is 1. The molecule has 150 valence electrons. The number of nitrogens with one attached hydrogen (secondary N) is 1. The van der Waals surface area contributed by atoms with Crippen LogP contribution in [0.25, 0.3) is 11.3 Å². The lowest BCUT2D eigenvalue weighted by Gasteiger charge is -2.21. The van der Waals surface area contributed by atoms with E-state index in [0.717, 1.165) is 5.56 Å². The maximum Gasteiger partial charge on any atom is 0.291 e. The summed E-state index contributed by atoms with van der Waals surface area (Å²) in [5, 5.41) is 13.6. The lowest BCUT2D eigenvalue weighted by Crippen LogP contribution is -2.15. The normalized spacial score (nSPS) is 11.2. The molecule has 7 nitrogen and oxygen atoms in total. The highest BCUT2D eigenvalue weighted by atomic mass is 16.6. The molecule has 0 saturated heterocycles. The van der Waals surface area contributed by atoms with Gasteiger partial charge in [0.15, 0.2) is 5.76 Å². The highest BCUT2D eigenvalue weighted by molar-refractivity contribution is 6.03. The van der Waals surface area contributed by atoms with E-state index in [-0.39, 0.29) is 16.9 Å². The highest BCUT2D eigenvalue weighted by Gasteiger charge is 2.19. The predicted molar refractivity (Wildman–Crippen MR) is 110 cm³/mol. The number of hydrogen-bond acceptors (Lipinski definition) is 5. The van der Waals surface area contributed by atoms with Crippen molar-refractivity contribution in [3.63, 3.8) is 0 Å². The van der Waals surface area contributed by atoms with Crippen molar-refractivity contribution in [2.45, 2.75) is 26.2 Å². The standard InChI is InChI=1S/C22H22N2O5/c1-22(2,3)15-7-10-19(28-4)17(13-15)23-21(25)20-12-11-18(29-20)14-5-8-16(9-6-14)24(26)27/h5-13H,1-4H3,(H,23,25). The number of carbonyl (C=O) groups excluding carboxylic acids is 1. The van der Waals surface area contributed by atoms with Crippen LogP contribution in [-0.2, 0) is 5.41 Å². The summed E-state index contributed by atoms with van der Waals surface area (Å²) in [7, 11) is 1.54. The Morgan fingerprint density at radius 2 is 1.76 bits per heavy atom. The molecular formula is C22H22N2O5. The SMILES string of the molecule is COc1ccc(C(C)(C)C)cc1NC(=O)c1ccc(-c2ccc([N+](=O)[O-])cc2)o1. The van der Waals surface area contributed by atoms with Crippen molar-refractivity contribution in [1.82, 2.24) is 0 Å². The van der Waals surface area contributed by atoms with E-state index in [0.29, 0.717) is 22.8 Å². The van der Waals surface area contributed by atoms with Gasteiger partial charge in [-0.05, 0) is 47.4 Å². The molecule has 7 heteroatoms. The van der Waals surface area contributed by atoms with Gasteiger partial charge < -0.3 is 14.5 Å². The third-order valence-electron chi connectivity index (χ3n) is 4.51. The number of rotatable bonds is 5. The summed E-state index contributed by atoms with van der Waals surface area (Å²) in [5.41, 5.74) is 2.16. The molecule has 0 fully saturated rings.